The van der Waals surface area contributed by atoms with Crippen LogP contribution >= 0.6 is 0 Å². The van der Waals surface area contributed by atoms with Gasteiger partial charge in [0, 0.05) is 0 Å². The van der Waals surface area contributed by atoms with E-state index in [4.69, 9.17) is 14.2 Å². The highest BCUT2D eigenvalue weighted by Gasteiger charge is 2.24. The lowest BCUT2D eigenvalue weighted by atomic mass is 10.1. The fourth-order valence-corrected chi connectivity index (χ4v) is 3.70. The topological polar surface area (TPSA) is 94.2 Å². The average molecular weight is 423 g/mol. The van der Waals surface area contributed by atoms with Crippen LogP contribution in [0.1, 0.15) is 18.5 Å². The predicted molar refractivity (Wildman–Crippen MR) is 111 cm³/mol. The fraction of sp³-hybridized carbons (Fsp3) is 0.350. The largest absolute Gasteiger partial charge is 0.495 e. The van der Waals surface area contributed by atoms with E-state index in [1.165, 1.54) is 14.2 Å². The maximum absolute atomic E-state index is 12.6. The number of amides is 1. The number of anilines is 1. The van der Waals surface area contributed by atoms with E-state index in [2.05, 4.69) is 5.32 Å². The minimum atomic E-state index is -3.71. The molecule has 0 saturated heterocycles. The normalized spacial score (nSPS) is 12.0. The van der Waals surface area contributed by atoms with Crippen LogP contribution in [-0.2, 0) is 14.8 Å². The molecule has 2 rings (SSSR count). The lowest BCUT2D eigenvalue weighted by Gasteiger charge is -2.24. The summed E-state index contributed by atoms with van der Waals surface area (Å²) in [5.41, 5.74) is 1.09. The number of nitrogens with one attached hydrogen (secondary N) is 1. The first-order valence-corrected chi connectivity index (χ1v) is 10.7. The van der Waals surface area contributed by atoms with Gasteiger partial charge in [0.15, 0.2) is 11.5 Å². The van der Waals surface area contributed by atoms with Crippen LogP contribution < -0.4 is 23.8 Å². The summed E-state index contributed by atoms with van der Waals surface area (Å²) < 4.78 is 41.4. The van der Waals surface area contributed by atoms with E-state index in [0.29, 0.717) is 22.9 Å². The molecule has 1 N–H and O–H groups in total. The van der Waals surface area contributed by atoms with Gasteiger partial charge in [0.25, 0.3) is 0 Å². The molecule has 29 heavy (non-hydrogen) atoms. The molecule has 0 aromatic heterocycles. The van der Waals surface area contributed by atoms with Crippen molar-refractivity contribution in [2.75, 3.05) is 38.4 Å². The predicted octanol–water partition coefficient (Wildman–Crippen LogP) is 2.36. The Balaban J connectivity index is 2.20. The highest BCUT2D eigenvalue weighted by atomic mass is 32.2. The van der Waals surface area contributed by atoms with Crippen molar-refractivity contribution in [3.8, 4) is 17.2 Å². The number of nitrogens with zero attached hydrogens (tertiary/aromatic N) is 1. The number of methoxy groups -OCH3 is 3. The van der Waals surface area contributed by atoms with Gasteiger partial charge in [-0.3, -0.25) is 9.10 Å². The van der Waals surface area contributed by atoms with E-state index in [9.17, 15) is 13.2 Å². The summed E-state index contributed by atoms with van der Waals surface area (Å²) in [4.78, 5) is 12.6. The van der Waals surface area contributed by atoms with Crippen LogP contribution in [0, 0.1) is 0 Å². The van der Waals surface area contributed by atoms with Gasteiger partial charge in [-0.2, -0.15) is 0 Å². The molecule has 0 bridgehead atoms. The van der Waals surface area contributed by atoms with Crippen LogP contribution in [0.15, 0.2) is 42.5 Å². The van der Waals surface area contributed by atoms with Gasteiger partial charge in [0.1, 0.15) is 12.3 Å². The van der Waals surface area contributed by atoms with E-state index >= 15 is 0 Å². The van der Waals surface area contributed by atoms with Gasteiger partial charge in [-0.15, -0.1) is 0 Å². The van der Waals surface area contributed by atoms with Crippen molar-refractivity contribution in [3.05, 3.63) is 48.0 Å². The van der Waals surface area contributed by atoms with Crippen LogP contribution in [0.5, 0.6) is 17.2 Å². The number of hydrogen-bond donors (Lipinski definition) is 1. The second kappa shape index (κ2) is 9.51. The molecule has 0 fully saturated rings. The zero-order chi connectivity index (χ0) is 21.6. The molecular formula is C20H26N2O6S. The smallest absolute Gasteiger partial charge is 0.241 e. The van der Waals surface area contributed by atoms with Crippen LogP contribution in [-0.4, -0.2) is 48.5 Å². The van der Waals surface area contributed by atoms with Crippen LogP contribution in [0.2, 0.25) is 0 Å². The molecular weight excluding hydrogens is 396 g/mol. The third-order valence-electron chi connectivity index (χ3n) is 4.33. The molecule has 0 unspecified atom stereocenters. The summed E-state index contributed by atoms with van der Waals surface area (Å²) in [5.74, 6) is 1.02. The van der Waals surface area contributed by atoms with Crippen molar-refractivity contribution in [2.24, 2.45) is 0 Å². The van der Waals surface area contributed by atoms with E-state index in [1.54, 1.807) is 56.5 Å². The molecule has 0 radical (unpaired) electrons. The van der Waals surface area contributed by atoms with E-state index < -0.39 is 15.9 Å². The maximum Gasteiger partial charge on any atom is 0.241 e. The van der Waals surface area contributed by atoms with Gasteiger partial charge < -0.3 is 19.5 Å². The maximum atomic E-state index is 12.6. The molecule has 8 nitrogen and oxygen atoms in total. The van der Waals surface area contributed by atoms with Crippen molar-refractivity contribution in [3.63, 3.8) is 0 Å². The molecule has 0 aliphatic carbocycles. The van der Waals surface area contributed by atoms with Gasteiger partial charge >= 0.3 is 0 Å². The minimum Gasteiger partial charge on any atom is -0.495 e. The molecule has 1 amide bonds. The first kappa shape index (κ1) is 22.4. The molecule has 2 aromatic rings. The first-order valence-electron chi connectivity index (χ1n) is 8.83. The van der Waals surface area contributed by atoms with Crippen molar-refractivity contribution >= 4 is 21.6 Å². The number of sulfonamides is 1. The number of hydrogen-bond acceptors (Lipinski definition) is 6. The van der Waals surface area contributed by atoms with Crippen LogP contribution in [0.25, 0.3) is 0 Å². The second-order valence-corrected chi connectivity index (χ2v) is 8.25. The number of para-hydroxylation sites is 2. The zero-order valence-electron chi connectivity index (χ0n) is 17.1. The van der Waals surface area contributed by atoms with Crippen LogP contribution in [0.3, 0.4) is 0 Å². The third kappa shape index (κ3) is 5.54. The van der Waals surface area contributed by atoms with Crippen molar-refractivity contribution in [1.29, 1.82) is 0 Å². The molecule has 0 aliphatic heterocycles. The SMILES string of the molecule is COc1ccc([C@@H](C)NC(=O)CN(c2ccccc2OC)S(C)(=O)=O)cc1OC. The van der Waals surface area contributed by atoms with Gasteiger partial charge in [-0.1, -0.05) is 18.2 Å². The molecule has 1 atom stereocenters. The highest BCUT2D eigenvalue weighted by molar-refractivity contribution is 7.92. The number of rotatable bonds is 9. The molecule has 0 heterocycles. The number of benzene rings is 2. The Labute approximate surface area is 171 Å². The number of carbonyl (C=O) groups excluding carboxylic acids is 1. The number of ether oxygens (including phenoxy) is 3. The molecule has 0 saturated carbocycles. The summed E-state index contributed by atoms with van der Waals surface area (Å²) in [7, 11) is 0.805. The standard InChI is InChI=1S/C20H26N2O6S/c1-14(15-10-11-18(27-3)19(12-15)28-4)21-20(23)13-22(29(5,24)25)16-8-6-7-9-17(16)26-2/h6-12,14H,13H2,1-5H3,(H,21,23)/t14-/m1/s1. The third-order valence-corrected chi connectivity index (χ3v) is 5.45. The lowest BCUT2D eigenvalue weighted by molar-refractivity contribution is -0.120. The van der Waals surface area contributed by atoms with E-state index in [-0.39, 0.29) is 12.6 Å². The fourth-order valence-electron chi connectivity index (χ4n) is 2.84. The quantitative estimate of drug-likeness (QED) is 0.667. The van der Waals surface area contributed by atoms with Crippen molar-refractivity contribution in [1.82, 2.24) is 5.32 Å². The highest BCUT2D eigenvalue weighted by Crippen LogP contribution is 2.31. The average Bonchev–Trinajstić information content (AvgIpc) is 2.70. The summed E-state index contributed by atoms with van der Waals surface area (Å²) in [6.45, 7) is 1.42. The second-order valence-electron chi connectivity index (χ2n) is 6.35. The van der Waals surface area contributed by atoms with Gasteiger partial charge in [-0.25, -0.2) is 8.42 Å². The van der Waals surface area contributed by atoms with Crippen molar-refractivity contribution < 1.29 is 27.4 Å². The van der Waals surface area contributed by atoms with E-state index in [0.717, 1.165) is 16.1 Å². The Bertz CT molecular complexity index is 961. The number of carbonyl (C=O) groups is 1. The Morgan fingerprint density at radius 3 is 2.21 bits per heavy atom. The Kier molecular flexibility index (Phi) is 7.33. The van der Waals surface area contributed by atoms with Gasteiger partial charge in [0.05, 0.1) is 39.3 Å². The Hall–Kier alpha value is -2.94. The summed E-state index contributed by atoms with van der Waals surface area (Å²) in [6.07, 6.45) is 1.05. The zero-order valence-corrected chi connectivity index (χ0v) is 17.9. The van der Waals surface area contributed by atoms with Gasteiger partial charge in [0.2, 0.25) is 15.9 Å². The monoisotopic (exact) mass is 422 g/mol. The van der Waals surface area contributed by atoms with Crippen molar-refractivity contribution in [2.45, 2.75) is 13.0 Å². The Morgan fingerprint density at radius 2 is 1.62 bits per heavy atom. The van der Waals surface area contributed by atoms with E-state index in [1.807, 2.05) is 0 Å². The molecule has 0 spiro atoms. The first-order chi connectivity index (χ1) is 13.7. The molecule has 0 aliphatic rings. The summed E-state index contributed by atoms with van der Waals surface area (Å²) in [5, 5.41) is 2.81. The molecule has 158 valence electrons. The van der Waals surface area contributed by atoms with Crippen LogP contribution in [0.4, 0.5) is 5.69 Å². The minimum absolute atomic E-state index is 0.298. The molecule has 2 aromatic carbocycles. The summed E-state index contributed by atoms with van der Waals surface area (Å²) >= 11 is 0. The van der Waals surface area contributed by atoms with Gasteiger partial charge in [-0.05, 0) is 36.8 Å². The molecule has 9 heteroatoms. The summed E-state index contributed by atoms with van der Waals surface area (Å²) in [6, 6.07) is 11.6. The lowest BCUT2D eigenvalue weighted by Crippen LogP contribution is -2.41. The Morgan fingerprint density at radius 1 is 1.00 bits per heavy atom.